The van der Waals surface area contributed by atoms with Gasteiger partial charge in [0, 0.05) is 23.6 Å². The Morgan fingerprint density at radius 2 is 2.00 bits per heavy atom. The molecule has 3 rings (SSSR count). The van der Waals surface area contributed by atoms with Crippen LogP contribution in [0, 0.1) is 13.8 Å². The zero-order valence-electron chi connectivity index (χ0n) is 13.0. The average molecular weight is 326 g/mol. The number of imidazole rings is 1. The molecule has 0 bridgehead atoms. The molecule has 6 heteroatoms. The Morgan fingerprint density at radius 1 is 1.26 bits per heavy atom. The number of aromatic nitrogens is 2. The number of carbonyl (C=O) groups is 1. The Labute approximate surface area is 138 Å². The van der Waals surface area contributed by atoms with Crippen molar-refractivity contribution in [2.45, 2.75) is 20.4 Å². The number of hydrogen-bond acceptors (Lipinski definition) is 4. The molecule has 0 aliphatic carbocycles. The summed E-state index contributed by atoms with van der Waals surface area (Å²) in [5.74, 6) is -0.122. The lowest BCUT2D eigenvalue weighted by Crippen LogP contribution is -2.13. The van der Waals surface area contributed by atoms with Crippen LogP contribution in [-0.4, -0.2) is 15.5 Å². The lowest BCUT2D eigenvalue weighted by molar-refractivity contribution is 0.103. The van der Waals surface area contributed by atoms with E-state index in [-0.39, 0.29) is 5.91 Å². The minimum atomic E-state index is -0.122. The molecular weight excluding hydrogens is 308 g/mol. The molecule has 0 unspecified atom stereocenters. The Bertz CT molecular complexity index is 833. The van der Waals surface area contributed by atoms with Crippen molar-refractivity contribution in [1.82, 2.24) is 9.55 Å². The number of amides is 1. The molecule has 0 aliphatic rings. The Hall–Kier alpha value is -2.44. The van der Waals surface area contributed by atoms with Gasteiger partial charge in [-0.3, -0.25) is 4.79 Å². The lowest BCUT2D eigenvalue weighted by Gasteiger charge is -2.08. The van der Waals surface area contributed by atoms with E-state index in [0.29, 0.717) is 11.4 Å². The molecule has 2 heterocycles. The van der Waals surface area contributed by atoms with E-state index in [9.17, 15) is 4.79 Å². The van der Waals surface area contributed by atoms with Gasteiger partial charge in [0.25, 0.3) is 5.91 Å². The summed E-state index contributed by atoms with van der Waals surface area (Å²) >= 11 is 1.40. The molecule has 0 spiro atoms. The van der Waals surface area contributed by atoms with Gasteiger partial charge in [-0.25, -0.2) is 4.98 Å². The molecule has 0 fully saturated rings. The van der Waals surface area contributed by atoms with E-state index < -0.39 is 0 Å². The van der Waals surface area contributed by atoms with Crippen molar-refractivity contribution in [3.63, 3.8) is 0 Å². The summed E-state index contributed by atoms with van der Waals surface area (Å²) < 4.78 is 2.02. The second kappa shape index (κ2) is 6.36. The fourth-order valence-corrected chi connectivity index (χ4v) is 3.18. The number of nitrogens with two attached hydrogens (primary N) is 1. The van der Waals surface area contributed by atoms with Crippen molar-refractivity contribution >= 4 is 22.9 Å². The van der Waals surface area contributed by atoms with Gasteiger partial charge in [0.15, 0.2) is 0 Å². The van der Waals surface area contributed by atoms with Crippen molar-refractivity contribution in [1.29, 1.82) is 0 Å². The number of thiophene rings is 1. The second-order valence-electron chi connectivity index (χ2n) is 5.27. The number of hydrogen-bond donors (Lipinski definition) is 2. The van der Waals surface area contributed by atoms with Gasteiger partial charge in [-0.05, 0) is 55.1 Å². The smallest absolute Gasteiger partial charge is 0.266 e. The molecule has 1 amide bonds. The van der Waals surface area contributed by atoms with Crippen molar-refractivity contribution in [2.75, 3.05) is 5.32 Å². The predicted octanol–water partition coefficient (Wildman–Crippen LogP) is 3.26. The van der Waals surface area contributed by atoms with Crippen LogP contribution in [0.3, 0.4) is 0 Å². The molecule has 0 aliphatic heterocycles. The first-order valence-electron chi connectivity index (χ1n) is 7.29. The number of anilines is 1. The predicted molar refractivity (Wildman–Crippen MR) is 93.2 cm³/mol. The monoisotopic (exact) mass is 326 g/mol. The molecule has 3 N–H and O–H groups in total. The zero-order valence-corrected chi connectivity index (χ0v) is 13.9. The highest BCUT2D eigenvalue weighted by Crippen LogP contribution is 2.20. The number of aryl methyl sites for hydroxylation is 1. The van der Waals surface area contributed by atoms with Gasteiger partial charge < -0.3 is 15.6 Å². The summed E-state index contributed by atoms with van der Waals surface area (Å²) in [7, 11) is 0. The first-order chi connectivity index (χ1) is 11.1. The summed E-state index contributed by atoms with van der Waals surface area (Å²) in [6.45, 7) is 4.38. The van der Waals surface area contributed by atoms with Gasteiger partial charge in [-0.2, -0.15) is 0 Å². The molecule has 1 aromatic carbocycles. The van der Waals surface area contributed by atoms with E-state index in [2.05, 4.69) is 10.3 Å². The third-order valence-electron chi connectivity index (χ3n) is 3.83. The summed E-state index contributed by atoms with van der Waals surface area (Å²) in [5, 5.41) is 4.79. The van der Waals surface area contributed by atoms with Crippen molar-refractivity contribution in [3.8, 4) is 5.69 Å². The summed E-state index contributed by atoms with van der Waals surface area (Å²) in [4.78, 5) is 17.3. The maximum absolute atomic E-state index is 12.3. The fraction of sp³-hybridized carbons (Fsp3) is 0.176. The van der Waals surface area contributed by atoms with E-state index in [1.807, 2.05) is 54.1 Å². The van der Waals surface area contributed by atoms with Gasteiger partial charge in [-0.15, -0.1) is 11.3 Å². The van der Waals surface area contributed by atoms with Crippen LogP contribution in [0.4, 0.5) is 5.69 Å². The summed E-state index contributed by atoms with van der Waals surface area (Å²) in [6, 6.07) is 9.58. The molecule has 2 aromatic heterocycles. The van der Waals surface area contributed by atoms with Gasteiger partial charge in [-0.1, -0.05) is 0 Å². The zero-order chi connectivity index (χ0) is 16.4. The van der Waals surface area contributed by atoms with Crippen molar-refractivity contribution in [2.24, 2.45) is 5.73 Å². The van der Waals surface area contributed by atoms with Crippen LogP contribution in [0.25, 0.3) is 5.69 Å². The maximum Gasteiger partial charge on any atom is 0.266 e. The van der Waals surface area contributed by atoms with E-state index in [4.69, 9.17) is 5.73 Å². The first-order valence-corrected chi connectivity index (χ1v) is 8.17. The number of nitrogens with zero attached hydrogens (tertiary/aromatic N) is 2. The molecule has 3 aromatic rings. The number of carbonyl (C=O) groups excluding carboxylic acids is 1. The summed E-state index contributed by atoms with van der Waals surface area (Å²) in [5.41, 5.74) is 10.4. The first kappa shape index (κ1) is 15.5. The molecule has 118 valence electrons. The lowest BCUT2D eigenvalue weighted by atomic mass is 10.2. The normalized spacial score (nSPS) is 10.7. The molecule has 0 saturated heterocycles. The van der Waals surface area contributed by atoms with Crippen LogP contribution in [0.2, 0.25) is 0 Å². The minimum Gasteiger partial charge on any atom is -0.326 e. The molecule has 5 nitrogen and oxygen atoms in total. The SMILES string of the molecule is Cc1ncn(-c2ccc(NC(=O)c3sccc3CN)cc2)c1C. The Kier molecular flexibility index (Phi) is 4.27. The van der Waals surface area contributed by atoms with Crippen LogP contribution in [-0.2, 0) is 6.54 Å². The van der Waals surface area contributed by atoms with E-state index >= 15 is 0 Å². The van der Waals surface area contributed by atoms with Crippen LogP contribution in [0.1, 0.15) is 26.6 Å². The van der Waals surface area contributed by atoms with Gasteiger partial charge >= 0.3 is 0 Å². The van der Waals surface area contributed by atoms with Gasteiger partial charge in [0.1, 0.15) is 0 Å². The standard InChI is InChI=1S/C17H18N4OS/c1-11-12(2)21(10-19-11)15-5-3-14(4-6-15)20-17(22)16-13(9-18)7-8-23-16/h3-8,10H,9,18H2,1-2H3,(H,20,22). The van der Waals surface area contributed by atoms with Crippen LogP contribution in [0.15, 0.2) is 42.0 Å². The van der Waals surface area contributed by atoms with E-state index in [0.717, 1.165) is 28.3 Å². The Morgan fingerprint density at radius 3 is 2.61 bits per heavy atom. The molecule has 23 heavy (non-hydrogen) atoms. The van der Waals surface area contributed by atoms with Gasteiger partial charge in [0.2, 0.25) is 0 Å². The van der Waals surface area contributed by atoms with Crippen LogP contribution >= 0.6 is 11.3 Å². The molecule has 0 atom stereocenters. The topological polar surface area (TPSA) is 72.9 Å². The number of nitrogens with one attached hydrogen (secondary N) is 1. The van der Waals surface area contributed by atoms with Crippen LogP contribution in [0.5, 0.6) is 0 Å². The highest BCUT2D eigenvalue weighted by atomic mass is 32.1. The summed E-state index contributed by atoms with van der Waals surface area (Å²) in [6.07, 6.45) is 1.80. The minimum absolute atomic E-state index is 0.122. The quantitative estimate of drug-likeness (QED) is 0.773. The maximum atomic E-state index is 12.3. The van der Waals surface area contributed by atoms with Crippen molar-refractivity contribution < 1.29 is 4.79 Å². The molecular formula is C17H18N4OS. The highest BCUT2D eigenvalue weighted by molar-refractivity contribution is 7.12. The second-order valence-corrected chi connectivity index (χ2v) is 6.18. The van der Waals surface area contributed by atoms with Crippen molar-refractivity contribution in [3.05, 3.63) is 63.9 Å². The molecule has 0 saturated carbocycles. The molecule has 0 radical (unpaired) electrons. The third kappa shape index (κ3) is 3.04. The fourth-order valence-electron chi connectivity index (χ4n) is 2.35. The number of benzene rings is 1. The third-order valence-corrected chi connectivity index (χ3v) is 4.78. The average Bonchev–Trinajstić information content (AvgIpc) is 3.16. The van der Waals surface area contributed by atoms with Gasteiger partial charge in [0.05, 0.1) is 16.9 Å². The number of rotatable bonds is 4. The van der Waals surface area contributed by atoms with Crippen LogP contribution < -0.4 is 11.1 Å². The van der Waals surface area contributed by atoms with E-state index in [1.54, 1.807) is 6.33 Å². The highest BCUT2D eigenvalue weighted by Gasteiger charge is 2.12. The van der Waals surface area contributed by atoms with E-state index in [1.165, 1.54) is 11.3 Å². The largest absolute Gasteiger partial charge is 0.326 e. The Balaban J connectivity index is 1.78.